The van der Waals surface area contributed by atoms with E-state index in [1.807, 2.05) is 237 Å². The first-order chi connectivity index (χ1) is 49.0. The lowest BCUT2D eigenvalue weighted by molar-refractivity contribution is 1.07. The van der Waals surface area contributed by atoms with E-state index < -0.39 is 0 Å². The average Bonchev–Trinajstić information content (AvgIpc) is 1.64. The van der Waals surface area contributed by atoms with Crippen molar-refractivity contribution in [2.45, 2.75) is 0 Å². The molecular formula is C84H51N15. The zero-order valence-corrected chi connectivity index (χ0v) is 52.7. The maximum atomic E-state index is 5.38. The molecule has 15 aromatic heterocycles. The summed E-state index contributed by atoms with van der Waals surface area (Å²) in [5.41, 5.74) is 22.1. The zero-order chi connectivity index (χ0) is 65.3. The molecule has 0 saturated heterocycles. The normalized spacial score (nSPS) is 11.6. The van der Waals surface area contributed by atoms with E-state index in [2.05, 4.69) is 86.5 Å². The van der Waals surface area contributed by atoms with Crippen molar-refractivity contribution in [3.8, 4) is 120 Å². The molecule has 0 saturated carbocycles. The molecule has 0 radical (unpaired) electrons. The molecule has 0 fully saturated rings. The van der Waals surface area contributed by atoms with Crippen molar-refractivity contribution < 1.29 is 0 Å². The van der Waals surface area contributed by atoms with E-state index in [9.17, 15) is 0 Å². The Balaban J connectivity index is 0.690. The Hall–Kier alpha value is -13.9. The summed E-state index contributed by atoms with van der Waals surface area (Å²) in [5, 5.41) is 3.19. The van der Waals surface area contributed by atoms with Gasteiger partial charge in [0.25, 0.3) is 0 Å². The first kappa shape index (κ1) is 56.6. The number of fused-ring (bicyclic) bond motifs is 9. The molecular weight excluding hydrogens is 1220 g/mol. The third kappa shape index (κ3) is 9.99. The van der Waals surface area contributed by atoms with Crippen LogP contribution in [-0.4, -0.2) is 73.5 Å². The number of hydrogen-bond donors (Lipinski definition) is 0. The molecule has 15 nitrogen and oxygen atoms in total. The third-order valence-corrected chi connectivity index (χ3v) is 18.1. The Kier molecular flexibility index (Phi) is 13.4. The fraction of sp³-hybridized carbons (Fsp3) is 0. The summed E-state index contributed by atoms with van der Waals surface area (Å²) in [6.45, 7) is 0. The molecule has 4 aromatic carbocycles. The van der Waals surface area contributed by atoms with Gasteiger partial charge in [-0.05, 0) is 182 Å². The molecule has 0 atom stereocenters. The van der Waals surface area contributed by atoms with Crippen molar-refractivity contribution in [1.82, 2.24) is 73.5 Å². The molecule has 462 valence electrons. The van der Waals surface area contributed by atoms with Gasteiger partial charge in [-0.15, -0.1) is 0 Å². The van der Waals surface area contributed by atoms with Gasteiger partial charge in [-0.25, -0.2) is 44.9 Å². The highest BCUT2D eigenvalue weighted by atomic mass is 15.1. The van der Waals surface area contributed by atoms with Crippen LogP contribution in [0.5, 0.6) is 0 Å². The molecule has 19 aromatic rings. The molecule has 0 aliphatic carbocycles. The number of nitrogens with zero attached hydrogens (tertiary/aromatic N) is 15. The predicted molar refractivity (Wildman–Crippen MR) is 392 cm³/mol. The lowest BCUT2D eigenvalue weighted by Crippen LogP contribution is -2.00. The van der Waals surface area contributed by atoms with Crippen LogP contribution in [0, 0.1) is 0 Å². The quantitative estimate of drug-likeness (QED) is 0.114. The summed E-state index contributed by atoms with van der Waals surface area (Å²) in [6.07, 6.45) is 5.50. The van der Waals surface area contributed by atoms with Gasteiger partial charge >= 0.3 is 0 Å². The standard InChI is InChI=1S/C84H51N15/c1-4-37-73-55(19-1)82-76(40-16-46-85-82)97(73)79-43-13-34-70(94-79)67-31-10-28-64(91-67)61-25-7-22-58(88-61)52-49-53(59-23-8-26-62(89-59)65-29-11-32-68(92-65)71-35-14-44-80(95-71)98-74-38-5-2-20-56(74)83-77(98)41-17-47-86-83)51-54(50-52)60-24-9-27-63(90-60)66-30-12-33-69(93-66)72-36-15-45-81(96-72)99-75-39-6-3-21-57(75)84-78(99)42-18-48-87-84/h1-51H. The summed E-state index contributed by atoms with van der Waals surface area (Å²) in [6, 6.07) is 97.7. The Labute approximate surface area is 565 Å². The Bertz CT molecular complexity index is 5640. The second-order valence-electron chi connectivity index (χ2n) is 24.1. The highest BCUT2D eigenvalue weighted by Crippen LogP contribution is 2.38. The number of para-hydroxylation sites is 3. The van der Waals surface area contributed by atoms with Gasteiger partial charge in [0, 0.05) is 51.4 Å². The lowest BCUT2D eigenvalue weighted by atomic mass is 9.98. The second-order valence-corrected chi connectivity index (χ2v) is 24.1. The Morgan fingerprint density at radius 3 is 0.657 bits per heavy atom. The van der Waals surface area contributed by atoms with Crippen molar-refractivity contribution in [2.75, 3.05) is 0 Å². The highest BCUT2D eigenvalue weighted by molar-refractivity contribution is 6.09. The van der Waals surface area contributed by atoms with E-state index >= 15 is 0 Å². The number of hydrogen-bond acceptors (Lipinski definition) is 12. The van der Waals surface area contributed by atoms with Gasteiger partial charge in [-0.1, -0.05) is 109 Å². The smallest absolute Gasteiger partial charge is 0.138 e. The van der Waals surface area contributed by atoms with E-state index in [0.29, 0.717) is 51.2 Å². The minimum atomic E-state index is 0.697. The highest BCUT2D eigenvalue weighted by Gasteiger charge is 2.21. The number of benzene rings is 4. The number of pyridine rings is 12. The molecule has 0 bridgehead atoms. The predicted octanol–water partition coefficient (Wildman–Crippen LogP) is 18.7. The van der Waals surface area contributed by atoms with Crippen LogP contribution in [0.1, 0.15) is 0 Å². The van der Waals surface area contributed by atoms with E-state index in [1.165, 1.54) is 0 Å². The fourth-order valence-corrected chi connectivity index (χ4v) is 13.6. The van der Waals surface area contributed by atoms with Crippen LogP contribution in [0.2, 0.25) is 0 Å². The second kappa shape index (κ2) is 23.5. The van der Waals surface area contributed by atoms with Gasteiger partial charge in [-0.2, -0.15) is 0 Å². The van der Waals surface area contributed by atoms with Crippen LogP contribution in [0.3, 0.4) is 0 Å². The van der Waals surface area contributed by atoms with E-state index in [1.54, 1.807) is 0 Å². The molecule has 0 N–H and O–H groups in total. The topological polar surface area (TPSA) is 169 Å². The molecule has 0 aliphatic heterocycles. The van der Waals surface area contributed by atoms with Crippen molar-refractivity contribution in [3.63, 3.8) is 0 Å². The average molecular weight is 1270 g/mol. The van der Waals surface area contributed by atoms with Gasteiger partial charge in [0.2, 0.25) is 0 Å². The van der Waals surface area contributed by atoms with Crippen molar-refractivity contribution >= 4 is 65.8 Å². The summed E-state index contributed by atoms with van der Waals surface area (Å²) in [5.74, 6) is 2.31. The largest absolute Gasteiger partial charge is 0.292 e. The van der Waals surface area contributed by atoms with Crippen LogP contribution in [0.15, 0.2) is 310 Å². The first-order valence-corrected chi connectivity index (χ1v) is 32.5. The first-order valence-electron chi connectivity index (χ1n) is 32.5. The Morgan fingerprint density at radius 1 is 0.172 bits per heavy atom. The van der Waals surface area contributed by atoms with E-state index in [0.717, 1.165) is 134 Å². The van der Waals surface area contributed by atoms with Crippen LogP contribution in [0.25, 0.3) is 185 Å². The molecule has 0 spiro atoms. The molecule has 0 aliphatic rings. The monoisotopic (exact) mass is 1270 g/mol. The number of aromatic nitrogens is 15. The Morgan fingerprint density at radius 2 is 0.384 bits per heavy atom. The van der Waals surface area contributed by atoms with Crippen LogP contribution >= 0.6 is 0 Å². The lowest BCUT2D eigenvalue weighted by Gasteiger charge is -2.13. The van der Waals surface area contributed by atoms with Crippen molar-refractivity contribution in [3.05, 3.63) is 310 Å². The van der Waals surface area contributed by atoms with E-state index in [4.69, 9.17) is 59.8 Å². The fourth-order valence-electron chi connectivity index (χ4n) is 13.6. The molecule has 0 unspecified atom stereocenters. The minimum Gasteiger partial charge on any atom is -0.292 e. The molecule has 99 heavy (non-hydrogen) atoms. The van der Waals surface area contributed by atoms with Crippen LogP contribution < -0.4 is 0 Å². The molecule has 15 heterocycles. The SMILES string of the molecule is c1cc(-c2cc(-c3cccc(-c4cccc(-c5cccc(-n6c7ccccc7c7ncccc76)n5)n4)n3)cc(-c3cccc(-c4cccc(-c5cccc(-n6c7ccccc7c7ncccc76)n5)n4)n3)c2)nc(-c2cccc(-c3cccc(-n4c5ccccc5c5ncccc54)n3)n2)c1. The van der Waals surface area contributed by atoms with Gasteiger partial charge in [0.15, 0.2) is 0 Å². The summed E-state index contributed by atoms with van der Waals surface area (Å²) in [7, 11) is 0. The molecule has 19 rings (SSSR count). The van der Waals surface area contributed by atoms with Gasteiger partial charge in [0.1, 0.15) is 17.5 Å². The van der Waals surface area contributed by atoms with Gasteiger partial charge in [0.05, 0.1) is 135 Å². The molecule has 15 heteroatoms. The van der Waals surface area contributed by atoms with Crippen molar-refractivity contribution in [1.29, 1.82) is 0 Å². The van der Waals surface area contributed by atoms with Crippen molar-refractivity contribution in [2.24, 2.45) is 0 Å². The van der Waals surface area contributed by atoms with Crippen LogP contribution in [0.4, 0.5) is 0 Å². The maximum Gasteiger partial charge on any atom is 0.138 e. The maximum absolute atomic E-state index is 5.38. The van der Waals surface area contributed by atoms with Crippen LogP contribution in [-0.2, 0) is 0 Å². The molecule has 0 amide bonds. The summed E-state index contributed by atoms with van der Waals surface area (Å²) < 4.78 is 6.48. The van der Waals surface area contributed by atoms with E-state index in [-0.39, 0.29) is 0 Å². The minimum absolute atomic E-state index is 0.697. The number of rotatable bonds is 12. The summed E-state index contributed by atoms with van der Waals surface area (Å²) >= 11 is 0. The van der Waals surface area contributed by atoms with Gasteiger partial charge in [-0.3, -0.25) is 28.7 Å². The summed E-state index contributed by atoms with van der Waals surface area (Å²) in [4.78, 5) is 61.8. The zero-order valence-electron chi connectivity index (χ0n) is 52.7. The van der Waals surface area contributed by atoms with Gasteiger partial charge < -0.3 is 0 Å². The third-order valence-electron chi connectivity index (χ3n) is 18.1.